The van der Waals surface area contributed by atoms with Gasteiger partial charge in [-0.1, -0.05) is 15.9 Å². The number of fused-ring (bicyclic) bond motifs is 1. The standard InChI is InChI=1S/C10H12BrNO/c1-6-5-8-10(7(2)9(6)11)12-3-4-13-8/h5,12H,3-4H2,1-2H3. The molecule has 0 radical (unpaired) electrons. The molecule has 1 N–H and O–H groups in total. The number of halogens is 1. The molecule has 0 amide bonds. The summed E-state index contributed by atoms with van der Waals surface area (Å²) in [5.41, 5.74) is 3.58. The van der Waals surface area contributed by atoms with Crippen LogP contribution in [-0.2, 0) is 0 Å². The Hall–Kier alpha value is -0.700. The molecule has 0 aliphatic carbocycles. The summed E-state index contributed by atoms with van der Waals surface area (Å²) >= 11 is 3.56. The molecule has 1 aliphatic rings. The van der Waals surface area contributed by atoms with Crippen LogP contribution in [-0.4, -0.2) is 13.2 Å². The van der Waals surface area contributed by atoms with Gasteiger partial charge in [0.15, 0.2) is 0 Å². The SMILES string of the molecule is Cc1cc2c(c(C)c1Br)NCCO2. The van der Waals surface area contributed by atoms with E-state index in [1.165, 1.54) is 15.6 Å². The van der Waals surface area contributed by atoms with E-state index in [0.717, 1.165) is 24.6 Å². The summed E-state index contributed by atoms with van der Waals surface area (Å²) in [4.78, 5) is 0. The van der Waals surface area contributed by atoms with Gasteiger partial charge in [0.25, 0.3) is 0 Å². The molecular weight excluding hydrogens is 230 g/mol. The third-order valence-electron chi connectivity index (χ3n) is 2.31. The molecule has 0 spiro atoms. The molecule has 0 fully saturated rings. The van der Waals surface area contributed by atoms with Crippen molar-refractivity contribution in [3.8, 4) is 5.75 Å². The lowest BCUT2D eigenvalue weighted by atomic mass is 10.1. The third-order valence-corrected chi connectivity index (χ3v) is 3.53. The summed E-state index contributed by atoms with van der Waals surface area (Å²) in [5.74, 6) is 0.976. The number of ether oxygens (including phenoxy) is 1. The lowest BCUT2D eigenvalue weighted by Gasteiger charge is -2.22. The zero-order chi connectivity index (χ0) is 9.42. The quantitative estimate of drug-likeness (QED) is 0.755. The normalized spacial score (nSPS) is 14.4. The summed E-state index contributed by atoms with van der Waals surface area (Å²) in [7, 11) is 0. The van der Waals surface area contributed by atoms with E-state index < -0.39 is 0 Å². The highest BCUT2D eigenvalue weighted by atomic mass is 79.9. The van der Waals surface area contributed by atoms with Crippen molar-refractivity contribution in [2.24, 2.45) is 0 Å². The van der Waals surface area contributed by atoms with Crippen LogP contribution in [0.1, 0.15) is 11.1 Å². The van der Waals surface area contributed by atoms with Gasteiger partial charge in [0.05, 0.1) is 5.69 Å². The summed E-state index contributed by atoms with van der Waals surface area (Å²) in [6.45, 7) is 5.82. The van der Waals surface area contributed by atoms with Gasteiger partial charge in [-0.15, -0.1) is 0 Å². The van der Waals surface area contributed by atoms with E-state index in [2.05, 4.69) is 41.2 Å². The Morgan fingerprint density at radius 1 is 1.46 bits per heavy atom. The molecule has 1 aliphatic heterocycles. The second-order valence-corrected chi connectivity index (χ2v) is 4.07. The van der Waals surface area contributed by atoms with Gasteiger partial charge in [-0.25, -0.2) is 0 Å². The van der Waals surface area contributed by atoms with Crippen LogP contribution < -0.4 is 10.1 Å². The van der Waals surface area contributed by atoms with Gasteiger partial charge in [-0.2, -0.15) is 0 Å². The molecule has 13 heavy (non-hydrogen) atoms. The topological polar surface area (TPSA) is 21.3 Å². The molecule has 0 saturated carbocycles. The first-order valence-corrected chi connectivity index (χ1v) is 5.16. The number of rotatable bonds is 0. The number of hydrogen-bond acceptors (Lipinski definition) is 2. The van der Waals surface area contributed by atoms with Crippen LogP contribution in [0.5, 0.6) is 5.75 Å². The maximum absolute atomic E-state index is 5.56. The molecule has 0 unspecified atom stereocenters. The van der Waals surface area contributed by atoms with Crippen molar-refractivity contribution >= 4 is 21.6 Å². The second-order valence-electron chi connectivity index (χ2n) is 3.28. The Morgan fingerprint density at radius 3 is 3.00 bits per heavy atom. The molecular formula is C10H12BrNO. The average Bonchev–Trinajstić information content (AvgIpc) is 2.15. The molecule has 0 aromatic heterocycles. The van der Waals surface area contributed by atoms with Crippen LogP contribution in [0.4, 0.5) is 5.69 Å². The number of nitrogens with one attached hydrogen (secondary N) is 1. The van der Waals surface area contributed by atoms with Crippen molar-refractivity contribution in [3.05, 3.63) is 21.7 Å². The van der Waals surface area contributed by atoms with Gasteiger partial charge in [-0.05, 0) is 31.0 Å². The van der Waals surface area contributed by atoms with Crippen molar-refractivity contribution in [2.75, 3.05) is 18.5 Å². The van der Waals surface area contributed by atoms with Crippen molar-refractivity contribution in [2.45, 2.75) is 13.8 Å². The summed E-state index contributed by atoms with van der Waals surface area (Å²) in [6, 6.07) is 2.07. The zero-order valence-corrected chi connectivity index (χ0v) is 9.36. The fourth-order valence-corrected chi connectivity index (χ4v) is 1.91. The van der Waals surface area contributed by atoms with E-state index >= 15 is 0 Å². The van der Waals surface area contributed by atoms with Gasteiger partial charge >= 0.3 is 0 Å². The molecule has 2 nitrogen and oxygen atoms in total. The lowest BCUT2D eigenvalue weighted by molar-refractivity contribution is 0.322. The maximum atomic E-state index is 5.56. The smallest absolute Gasteiger partial charge is 0.143 e. The molecule has 70 valence electrons. The van der Waals surface area contributed by atoms with Crippen LogP contribution in [0.3, 0.4) is 0 Å². The first-order chi connectivity index (χ1) is 6.20. The van der Waals surface area contributed by atoms with Gasteiger partial charge < -0.3 is 10.1 Å². The van der Waals surface area contributed by atoms with Gasteiger partial charge in [0.2, 0.25) is 0 Å². The van der Waals surface area contributed by atoms with E-state index in [-0.39, 0.29) is 0 Å². The molecule has 1 aromatic carbocycles. The summed E-state index contributed by atoms with van der Waals surface area (Å²) in [6.07, 6.45) is 0. The summed E-state index contributed by atoms with van der Waals surface area (Å²) < 4.78 is 6.73. The molecule has 1 aromatic rings. The predicted molar refractivity (Wildman–Crippen MR) is 57.6 cm³/mol. The maximum Gasteiger partial charge on any atom is 0.143 e. The fraction of sp³-hybridized carbons (Fsp3) is 0.400. The van der Waals surface area contributed by atoms with Gasteiger partial charge in [-0.3, -0.25) is 0 Å². The number of hydrogen-bond donors (Lipinski definition) is 1. The van der Waals surface area contributed by atoms with Crippen LogP contribution in [0.15, 0.2) is 10.5 Å². The number of aryl methyl sites for hydroxylation is 1. The minimum atomic E-state index is 0.757. The van der Waals surface area contributed by atoms with Crippen molar-refractivity contribution in [1.82, 2.24) is 0 Å². The van der Waals surface area contributed by atoms with E-state index in [1.807, 2.05) is 0 Å². The fourth-order valence-electron chi connectivity index (χ4n) is 1.59. The van der Waals surface area contributed by atoms with Crippen LogP contribution in [0.25, 0.3) is 0 Å². The van der Waals surface area contributed by atoms with E-state index in [9.17, 15) is 0 Å². The number of anilines is 1. The van der Waals surface area contributed by atoms with Crippen LogP contribution in [0.2, 0.25) is 0 Å². The molecule has 0 bridgehead atoms. The number of benzene rings is 1. The largest absolute Gasteiger partial charge is 0.490 e. The third kappa shape index (κ3) is 1.41. The minimum absolute atomic E-state index is 0.757. The monoisotopic (exact) mass is 241 g/mol. The Morgan fingerprint density at radius 2 is 2.23 bits per heavy atom. The van der Waals surface area contributed by atoms with Crippen LogP contribution >= 0.6 is 15.9 Å². The Bertz CT molecular complexity index is 349. The first kappa shape index (κ1) is 8.88. The van der Waals surface area contributed by atoms with Gasteiger partial charge in [0, 0.05) is 11.0 Å². The molecule has 0 atom stereocenters. The van der Waals surface area contributed by atoms with E-state index in [0.29, 0.717) is 0 Å². The van der Waals surface area contributed by atoms with Crippen LogP contribution in [0, 0.1) is 13.8 Å². The van der Waals surface area contributed by atoms with Crippen molar-refractivity contribution in [3.63, 3.8) is 0 Å². The average molecular weight is 242 g/mol. The Labute approximate surface area is 86.4 Å². The molecule has 1 heterocycles. The molecule has 0 saturated heterocycles. The Kier molecular flexibility index (Phi) is 2.20. The molecule has 2 rings (SSSR count). The zero-order valence-electron chi connectivity index (χ0n) is 7.78. The van der Waals surface area contributed by atoms with Crippen molar-refractivity contribution < 1.29 is 4.74 Å². The van der Waals surface area contributed by atoms with E-state index in [4.69, 9.17) is 4.74 Å². The second kappa shape index (κ2) is 3.22. The van der Waals surface area contributed by atoms with Crippen molar-refractivity contribution in [1.29, 1.82) is 0 Å². The Balaban J connectivity index is 2.60. The van der Waals surface area contributed by atoms with E-state index in [1.54, 1.807) is 0 Å². The summed E-state index contributed by atoms with van der Waals surface area (Å²) in [5, 5.41) is 3.34. The highest BCUT2D eigenvalue weighted by Gasteiger charge is 2.15. The van der Waals surface area contributed by atoms with Gasteiger partial charge in [0.1, 0.15) is 12.4 Å². The lowest BCUT2D eigenvalue weighted by Crippen LogP contribution is -2.19. The first-order valence-electron chi connectivity index (χ1n) is 4.36. The minimum Gasteiger partial charge on any atom is -0.490 e. The highest BCUT2D eigenvalue weighted by Crippen LogP contribution is 2.37. The highest BCUT2D eigenvalue weighted by molar-refractivity contribution is 9.10. The predicted octanol–water partition coefficient (Wildman–Crippen LogP) is 2.87. The molecule has 3 heteroatoms.